The summed E-state index contributed by atoms with van der Waals surface area (Å²) in [5.74, 6) is -0.570. The second-order valence-electron chi connectivity index (χ2n) is 11.2. The number of nitrogens with one attached hydrogen (secondary N) is 1. The van der Waals surface area contributed by atoms with Gasteiger partial charge in [-0.05, 0) is 49.5 Å². The molecule has 9 nitrogen and oxygen atoms in total. The van der Waals surface area contributed by atoms with E-state index in [1.165, 1.54) is 12.2 Å². The fourth-order valence-corrected chi connectivity index (χ4v) is 5.08. The maximum Gasteiger partial charge on any atom is 0.429 e. The largest absolute Gasteiger partial charge is 0.463 e. The molecule has 2 aromatic rings. The molecule has 0 aromatic heterocycles. The molecule has 0 fully saturated rings. The molecule has 0 bridgehead atoms. The lowest BCUT2D eigenvalue weighted by Crippen LogP contribution is -2.53. The van der Waals surface area contributed by atoms with Gasteiger partial charge in [0.25, 0.3) is 0 Å². The van der Waals surface area contributed by atoms with Crippen molar-refractivity contribution >= 4 is 26.5 Å². The zero-order chi connectivity index (χ0) is 30.5. The smallest absolute Gasteiger partial charge is 0.429 e. The molecule has 224 valence electrons. The Kier molecular flexibility index (Phi) is 13.1. The van der Waals surface area contributed by atoms with Crippen LogP contribution in [0.2, 0.25) is 18.1 Å². The fraction of sp³-hybridized carbons (Fsp3) is 0.452. The summed E-state index contributed by atoms with van der Waals surface area (Å²) < 4.78 is 22.5. The average Bonchev–Trinajstić information content (AvgIpc) is 2.92. The summed E-state index contributed by atoms with van der Waals surface area (Å²) in [6.07, 6.45) is 1.02. The van der Waals surface area contributed by atoms with Gasteiger partial charge in [0.15, 0.2) is 8.32 Å². The molecule has 0 unspecified atom stereocenters. The standard InChI is InChI=1S/C31H44N2O7Si/c1-8-37-28(34)20-19-27(21-24(2)40-41(6,7)31(3,4)5)33(30(36)39-23-26-17-13-10-14-18-26)32-29(35)38-22-25-15-11-9-12-16-25/h9-20,24,27H,8,21-23H2,1-7H3,(H,32,35)/b20-19+/t24-,27+/m0/s1. The van der Waals surface area contributed by atoms with Gasteiger partial charge in [-0.15, -0.1) is 0 Å². The Morgan fingerprint density at radius 1 is 0.902 bits per heavy atom. The Balaban J connectivity index is 2.31. The monoisotopic (exact) mass is 584 g/mol. The minimum atomic E-state index is -2.16. The van der Waals surface area contributed by atoms with Gasteiger partial charge >= 0.3 is 18.2 Å². The molecule has 0 aliphatic heterocycles. The first kappa shape index (κ1) is 33.6. The number of esters is 1. The van der Waals surface area contributed by atoms with Crippen molar-refractivity contribution in [2.45, 2.75) is 84.5 Å². The molecule has 0 aliphatic rings. The van der Waals surface area contributed by atoms with Crippen molar-refractivity contribution < 1.29 is 33.0 Å². The van der Waals surface area contributed by atoms with Crippen LogP contribution >= 0.6 is 0 Å². The Labute approximate surface area is 244 Å². The molecule has 2 aromatic carbocycles. The summed E-state index contributed by atoms with van der Waals surface area (Å²) >= 11 is 0. The van der Waals surface area contributed by atoms with E-state index < -0.39 is 32.5 Å². The molecule has 0 heterocycles. The van der Waals surface area contributed by atoms with E-state index in [1.54, 1.807) is 6.92 Å². The van der Waals surface area contributed by atoms with Crippen LogP contribution in [0.25, 0.3) is 0 Å². The third-order valence-corrected chi connectivity index (χ3v) is 11.4. The second-order valence-corrected chi connectivity index (χ2v) is 15.9. The van der Waals surface area contributed by atoms with Crippen LogP contribution in [-0.2, 0) is 36.6 Å². The predicted octanol–water partition coefficient (Wildman–Crippen LogP) is 6.75. The molecule has 0 radical (unpaired) electrons. The first-order valence-electron chi connectivity index (χ1n) is 13.8. The second kappa shape index (κ2) is 16.0. The molecule has 1 N–H and O–H groups in total. The average molecular weight is 585 g/mol. The van der Waals surface area contributed by atoms with Crippen LogP contribution in [0.3, 0.4) is 0 Å². The minimum absolute atomic E-state index is 0.00773. The first-order chi connectivity index (χ1) is 19.3. The van der Waals surface area contributed by atoms with E-state index in [2.05, 4.69) is 39.3 Å². The summed E-state index contributed by atoms with van der Waals surface area (Å²) in [5.41, 5.74) is 4.09. The van der Waals surface area contributed by atoms with E-state index in [4.69, 9.17) is 18.6 Å². The summed E-state index contributed by atoms with van der Waals surface area (Å²) in [6, 6.07) is 17.6. The van der Waals surface area contributed by atoms with Gasteiger partial charge in [-0.3, -0.25) is 0 Å². The molecule has 2 rings (SSSR count). The van der Waals surface area contributed by atoms with Crippen molar-refractivity contribution in [2.24, 2.45) is 0 Å². The molecular formula is C31H44N2O7Si. The van der Waals surface area contributed by atoms with E-state index in [1.807, 2.05) is 67.6 Å². The van der Waals surface area contributed by atoms with Crippen LogP contribution in [0, 0.1) is 0 Å². The lowest BCUT2D eigenvalue weighted by Gasteiger charge is -2.39. The van der Waals surface area contributed by atoms with Gasteiger partial charge in [-0.1, -0.05) is 87.5 Å². The topological polar surface area (TPSA) is 103 Å². The Morgan fingerprint density at radius 2 is 1.44 bits per heavy atom. The normalized spacial score (nSPS) is 13.2. The van der Waals surface area contributed by atoms with Gasteiger partial charge in [-0.2, -0.15) is 0 Å². The van der Waals surface area contributed by atoms with Crippen molar-refractivity contribution in [3.63, 3.8) is 0 Å². The van der Waals surface area contributed by atoms with E-state index in [0.29, 0.717) is 0 Å². The molecule has 0 saturated heterocycles. The fourth-order valence-electron chi connectivity index (χ4n) is 3.62. The van der Waals surface area contributed by atoms with Gasteiger partial charge < -0.3 is 18.6 Å². The molecular weight excluding hydrogens is 540 g/mol. The molecule has 10 heteroatoms. The lowest BCUT2D eigenvalue weighted by molar-refractivity contribution is -0.137. The van der Waals surface area contributed by atoms with Crippen LogP contribution in [0.1, 0.15) is 52.2 Å². The predicted molar refractivity (Wildman–Crippen MR) is 160 cm³/mol. The molecule has 41 heavy (non-hydrogen) atoms. The molecule has 2 atom stereocenters. The van der Waals surface area contributed by atoms with Crippen molar-refractivity contribution in [3.05, 3.63) is 83.9 Å². The third kappa shape index (κ3) is 11.8. The highest BCUT2D eigenvalue weighted by atomic mass is 28.4. The summed E-state index contributed by atoms with van der Waals surface area (Å²) in [6.45, 7) is 14.5. The van der Waals surface area contributed by atoms with E-state index in [0.717, 1.165) is 16.1 Å². The highest BCUT2D eigenvalue weighted by Gasteiger charge is 2.39. The Morgan fingerprint density at radius 3 is 1.95 bits per heavy atom. The van der Waals surface area contributed by atoms with Crippen LogP contribution in [0.15, 0.2) is 72.8 Å². The SMILES string of the molecule is CCOC(=O)/C=C/[C@H](C[C@H](C)O[Si](C)(C)C(C)(C)C)N(NC(=O)OCc1ccccc1)C(=O)OCc1ccccc1. The summed E-state index contributed by atoms with van der Waals surface area (Å²) in [5, 5.41) is 1.00. The van der Waals surface area contributed by atoms with Gasteiger partial charge in [0.1, 0.15) is 13.2 Å². The van der Waals surface area contributed by atoms with Crippen molar-refractivity contribution in [3.8, 4) is 0 Å². The van der Waals surface area contributed by atoms with Crippen LogP contribution in [0.5, 0.6) is 0 Å². The molecule has 0 aliphatic carbocycles. The van der Waals surface area contributed by atoms with E-state index in [9.17, 15) is 14.4 Å². The number of ether oxygens (including phenoxy) is 3. The number of hydrogen-bond donors (Lipinski definition) is 1. The van der Waals surface area contributed by atoms with E-state index in [-0.39, 0.29) is 37.4 Å². The quantitative estimate of drug-likeness (QED) is 0.0967. The zero-order valence-electron chi connectivity index (χ0n) is 25.2. The maximum atomic E-state index is 13.4. The number of hydrogen-bond acceptors (Lipinski definition) is 7. The number of hydrazine groups is 1. The number of rotatable bonds is 12. The third-order valence-electron chi connectivity index (χ3n) is 6.77. The maximum absolute atomic E-state index is 13.4. The summed E-state index contributed by atoms with van der Waals surface area (Å²) in [4.78, 5) is 38.5. The minimum Gasteiger partial charge on any atom is -0.463 e. The Hall–Kier alpha value is -3.63. The van der Waals surface area contributed by atoms with E-state index >= 15 is 0 Å². The zero-order valence-corrected chi connectivity index (χ0v) is 26.2. The highest BCUT2D eigenvalue weighted by molar-refractivity contribution is 6.74. The van der Waals surface area contributed by atoms with Crippen LogP contribution in [-0.4, -0.2) is 50.2 Å². The number of amides is 2. The molecule has 2 amide bonds. The lowest BCUT2D eigenvalue weighted by atomic mass is 10.1. The van der Waals surface area contributed by atoms with Crippen molar-refractivity contribution in [1.29, 1.82) is 0 Å². The number of carbonyl (C=O) groups is 3. The van der Waals surface area contributed by atoms with Gasteiger partial charge in [0, 0.05) is 12.2 Å². The van der Waals surface area contributed by atoms with Gasteiger partial charge in [-0.25, -0.2) is 24.8 Å². The Bertz CT molecular complexity index is 1130. The van der Waals surface area contributed by atoms with Gasteiger partial charge in [0.05, 0.1) is 12.6 Å². The number of nitrogens with zero attached hydrogens (tertiary/aromatic N) is 1. The van der Waals surface area contributed by atoms with Crippen LogP contribution < -0.4 is 5.43 Å². The van der Waals surface area contributed by atoms with Gasteiger partial charge in [0.2, 0.25) is 0 Å². The van der Waals surface area contributed by atoms with Crippen molar-refractivity contribution in [1.82, 2.24) is 10.4 Å². The molecule has 0 saturated carbocycles. The number of carbonyl (C=O) groups excluding carboxylic acids is 3. The van der Waals surface area contributed by atoms with Crippen molar-refractivity contribution in [2.75, 3.05) is 6.61 Å². The highest BCUT2D eigenvalue weighted by Crippen LogP contribution is 2.37. The molecule has 0 spiro atoms. The first-order valence-corrected chi connectivity index (χ1v) is 16.7. The number of benzene rings is 2. The van der Waals surface area contributed by atoms with Crippen LogP contribution in [0.4, 0.5) is 9.59 Å². The summed E-state index contributed by atoms with van der Waals surface area (Å²) in [7, 11) is -2.16.